The number of nitrogens with zero attached hydrogens (tertiary/aromatic N) is 4. The molecule has 0 radical (unpaired) electrons. The van der Waals surface area contributed by atoms with Crippen LogP contribution in [-0.4, -0.2) is 41.0 Å². The molecule has 0 spiro atoms. The third-order valence-corrected chi connectivity index (χ3v) is 5.86. The highest BCUT2D eigenvalue weighted by Crippen LogP contribution is 2.26. The number of hydrogen-bond acceptors (Lipinski definition) is 7. The van der Waals surface area contributed by atoms with Gasteiger partial charge < -0.3 is 9.30 Å². The van der Waals surface area contributed by atoms with Crippen molar-refractivity contribution in [2.75, 3.05) is 11.8 Å². The van der Waals surface area contributed by atoms with E-state index in [0.717, 1.165) is 11.1 Å². The van der Waals surface area contributed by atoms with E-state index in [0.29, 0.717) is 11.3 Å². The van der Waals surface area contributed by atoms with E-state index >= 15 is 0 Å². The minimum atomic E-state index is -3.99. The highest BCUT2D eigenvalue weighted by molar-refractivity contribution is 7.92. The van der Waals surface area contributed by atoms with E-state index in [-0.39, 0.29) is 16.4 Å². The van der Waals surface area contributed by atoms with Crippen LogP contribution in [0.2, 0.25) is 0 Å². The number of aryl methyl sites for hydroxylation is 1. The third kappa shape index (κ3) is 4.49. The van der Waals surface area contributed by atoms with Crippen LogP contribution < -0.4 is 4.72 Å². The molecule has 3 heterocycles. The molecule has 3 aromatic heterocycles. The van der Waals surface area contributed by atoms with E-state index < -0.39 is 16.0 Å². The number of sulfonamides is 1. The summed E-state index contributed by atoms with van der Waals surface area (Å²) in [6.07, 6.45) is 6.20. The average Bonchev–Trinajstić information content (AvgIpc) is 3.26. The maximum atomic E-state index is 12.7. The van der Waals surface area contributed by atoms with Crippen molar-refractivity contribution < 1.29 is 17.9 Å². The lowest BCUT2D eigenvalue weighted by Gasteiger charge is -2.10. The van der Waals surface area contributed by atoms with Crippen molar-refractivity contribution in [2.45, 2.75) is 5.03 Å². The standard InChI is InChI=1S/C22H19N5O4S/c1-27-13-21(24-14-27)32(29,30)26-20-11-18(22(28)31-2)10-19(25-20)16-7-5-15(6-8-16)17-4-3-9-23-12-17/h3-14H,1-2H3,(H,25,26). The van der Waals surface area contributed by atoms with Gasteiger partial charge in [0.25, 0.3) is 10.0 Å². The summed E-state index contributed by atoms with van der Waals surface area (Å²) in [5.41, 5.74) is 3.18. The number of ether oxygens (including phenoxy) is 1. The molecule has 0 aliphatic carbocycles. The molecule has 0 aliphatic rings. The van der Waals surface area contributed by atoms with E-state index in [1.54, 1.807) is 25.5 Å². The molecule has 0 saturated carbocycles. The normalized spacial score (nSPS) is 11.2. The Hall–Kier alpha value is -4.05. The van der Waals surface area contributed by atoms with Gasteiger partial charge in [-0.2, -0.15) is 8.42 Å². The Bertz CT molecular complexity index is 1370. The van der Waals surface area contributed by atoms with Crippen molar-refractivity contribution in [1.29, 1.82) is 0 Å². The molecule has 0 saturated heterocycles. The van der Waals surface area contributed by atoms with Gasteiger partial charge in [-0.05, 0) is 29.3 Å². The van der Waals surface area contributed by atoms with Crippen LogP contribution in [0.25, 0.3) is 22.4 Å². The van der Waals surface area contributed by atoms with E-state index in [1.807, 2.05) is 36.4 Å². The number of anilines is 1. The molecule has 0 atom stereocenters. The summed E-state index contributed by atoms with van der Waals surface area (Å²) in [6, 6.07) is 14.1. The zero-order valence-electron chi connectivity index (χ0n) is 17.3. The molecule has 4 rings (SSSR count). The number of aromatic nitrogens is 4. The van der Waals surface area contributed by atoms with Gasteiger partial charge in [0.15, 0.2) is 5.03 Å². The number of rotatable bonds is 6. The Balaban J connectivity index is 1.71. The second kappa shape index (κ2) is 8.60. The number of carbonyl (C=O) groups excluding carboxylic acids is 1. The molecule has 0 aliphatic heterocycles. The smallest absolute Gasteiger partial charge is 0.338 e. The van der Waals surface area contributed by atoms with Crippen molar-refractivity contribution in [3.05, 3.63) is 79.0 Å². The number of imidazole rings is 1. The van der Waals surface area contributed by atoms with Gasteiger partial charge in [-0.1, -0.05) is 30.3 Å². The van der Waals surface area contributed by atoms with E-state index in [1.165, 1.54) is 30.3 Å². The number of pyridine rings is 2. The molecule has 1 aromatic carbocycles. The Labute approximate surface area is 184 Å². The summed E-state index contributed by atoms with van der Waals surface area (Å²) < 4.78 is 34.0. The van der Waals surface area contributed by atoms with Crippen LogP contribution in [0.5, 0.6) is 0 Å². The number of hydrogen-bond donors (Lipinski definition) is 1. The molecule has 0 bridgehead atoms. The summed E-state index contributed by atoms with van der Waals surface area (Å²) in [7, 11) is -1.07. The second-order valence-corrected chi connectivity index (χ2v) is 8.55. The van der Waals surface area contributed by atoms with Crippen LogP contribution in [0.3, 0.4) is 0 Å². The third-order valence-electron chi connectivity index (χ3n) is 4.62. The summed E-state index contributed by atoms with van der Waals surface area (Å²) >= 11 is 0. The van der Waals surface area contributed by atoms with Crippen LogP contribution in [0.4, 0.5) is 5.82 Å². The van der Waals surface area contributed by atoms with E-state index in [9.17, 15) is 13.2 Å². The fourth-order valence-corrected chi connectivity index (χ4v) is 4.03. The number of benzene rings is 1. The van der Waals surface area contributed by atoms with Gasteiger partial charge >= 0.3 is 5.97 Å². The van der Waals surface area contributed by atoms with E-state index in [2.05, 4.69) is 19.7 Å². The van der Waals surface area contributed by atoms with Gasteiger partial charge in [0.05, 0.1) is 24.7 Å². The predicted molar refractivity (Wildman–Crippen MR) is 118 cm³/mol. The zero-order chi connectivity index (χ0) is 22.7. The van der Waals surface area contributed by atoms with Crippen molar-refractivity contribution in [1.82, 2.24) is 19.5 Å². The summed E-state index contributed by atoms with van der Waals surface area (Å²) in [6.45, 7) is 0. The van der Waals surface area contributed by atoms with Crippen LogP contribution >= 0.6 is 0 Å². The van der Waals surface area contributed by atoms with Gasteiger partial charge in [-0.15, -0.1) is 0 Å². The first-order valence-corrected chi connectivity index (χ1v) is 11.0. The summed E-state index contributed by atoms with van der Waals surface area (Å²) in [4.78, 5) is 24.6. The quantitative estimate of drug-likeness (QED) is 0.450. The van der Waals surface area contributed by atoms with Gasteiger partial charge in [0.1, 0.15) is 5.82 Å². The highest BCUT2D eigenvalue weighted by atomic mass is 32.2. The maximum absolute atomic E-state index is 12.7. The maximum Gasteiger partial charge on any atom is 0.338 e. The van der Waals surface area contributed by atoms with Gasteiger partial charge in [0.2, 0.25) is 0 Å². The van der Waals surface area contributed by atoms with Crippen molar-refractivity contribution in [3.63, 3.8) is 0 Å². The molecule has 32 heavy (non-hydrogen) atoms. The largest absolute Gasteiger partial charge is 0.465 e. The second-order valence-electron chi connectivity index (χ2n) is 6.92. The molecule has 4 aromatic rings. The van der Waals surface area contributed by atoms with Gasteiger partial charge in [0, 0.05) is 31.2 Å². The fourth-order valence-electron chi connectivity index (χ4n) is 3.05. The number of carbonyl (C=O) groups is 1. The molecular formula is C22H19N5O4S. The van der Waals surface area contributed by atoms with Crippen LogP contribution in [-0.2, 0) is 21.8 Å². The molecule has 162 valence electrons. The van der Waals surface area contributed by atoms with Crippen LogP contribution in [0.15, 0.2) is 78.5 Å². The molecule has 0 unspecified atom stereocenters. The zero-order valence-corrected chi connectivity index (χ0v) is 18.1. The van der Waals surface area contributed by atoms with E-state index in [4.69, 9.17) is 4.74 Å². The summed E-state index contributed by atoms with van der Waals surface area (Å²) in [5.74, 6) is -0.635. The molecule has 9 nitrogen and oxygen atoms in total. The monoisotopic (exact) mass is 449 g/mol. The molecule has 0 amide bonds. The molecule has 10 heteroatoms. The molecular weight excluding hydrogens is 430 g/mol. The lowest BCUT2D eigenvalue weighted by Crippen LogP contribution is -2.15. The van der Waals surface area contributed by atoms with Crippen molar-refractivity contribution >= 4 is 21.8 Å². The fraction of sp³-hybridized carbons (Fsp3) is 0.0909. The van der Waals surface area contributed by atoms with Gasteiger partial charge in [-0.25, -0.2) is 14.8 Å². The average molecular weight is 449 g/mol. The SMILES string of the molecule is COC(=O)c1cc(NS(=O)(=O)c2cn(C)cn2)nc(-c2ccc(-c3cccnc3)cc2)c1. The Morgan fingerprint density at radius 2 is 1.81 bits per heavy atom. The summed E-state index contributed by atoms with van der Waals surface area (Å²) in [5, 5.41) is -0.160. The number of nitrogens with one attached hydrogen (secondary N) is 1. The minimum Gasteiger partial charge on any atom is -0.465 e. The molecule has 0 fully saturated rings. The number of methoxy groups -OCH3 is 1. The first-order valence-electron chi connectivity index (χ1n) is 9.48. The Morgan fingerprint density at radius 1 is 1.06 bits per heavy atom. The topological polar surface area (TPSA) is 116 Å². The first kappa shape index (κ1) is 21.2. The Kier molecular flexibility index (Phi) is 5.69. The van der Waals surface area contributed by atoms with Crippen LogP contribution in [0, 0.1) is 0 Å². The minimum absolute atomic E-state index is 0.0233. The lowest BCUT2D eigenvalue weighted by molar-refractivity contribution is 0.0600. The van der Waals surface area contributed by atoms with Crippen molar-refractivity contribution in [3.8, 4) is 22.4 Å². The first-order chi connectivity index (χ1) is 15.4. The predicted octanol–water partition coefficient (Wildman–Crippen LogP) is 3.13. The highest BCUT2D eigenvalue weighted by Gasteiger charge is 2.20. The molecule has 1 N–H and O–H groups in total. The van der Waals surface area contributed by atoms with Crippen LogP contribution in [0.1, 0.15) is 10.4 Å². The van der Waals surface area contributed by atoms with Crippen molar-refractivity contribution in [2.24, 2.45) is 7.05 Å². The number of esters is 1. The Morgan fingerprint density at radius 3 is 2.44 bits per heavy atom. The van der Waals surface area contributed by atoms with Gasteiger partial charge in [-0.3, -0.25) is 9.71 Å². The lowest BCUT2D eigenvalue weighted by atomic mass is 10.0.